The van der Waals surface area contributed by atoms with Gasteiger partial charge in [-0.05, 0) is 51.2 Å². The van der Waals surface area contributed by atoms with Crippen LogP contribution in [-0.2, 0) is 0 Å². The second kappa shape index (κ2) is 4.63. The third-order valence-corrected chi connectivity index (χ3v) is 3.85. The summed E-state index contributed by atoms with van der Waals surface area (Å²) in [5.74, 6) is 0.975. The van der Waals surface area contributed by atoms with Gasteiger partial charge in [0.2, 0.25) is 0 Å². The Hall–Kier alpha value is -0.0800. The van der Waals surface area contributed by atoms with Crippen molar-refractivity contribution >= 4 is 0 Å². The molecule has 3 unspecified atom stereocenters. The molecule has 0 bridgehead atoms. The van der Waals surface area contributed by atoms with Crippen molar-refractivity contribution in [3.05, 3.63) is 0 Å². The van der Waals surface area contributed by atoms with Gasteiger partial charge in [0.25, 0.3) is 0 Å². The molecule has 1 aliphatic heterocycles. The number of hydrogen-bond donors (Lipinski definition) is 1. The molecule has 1 saturated carbocycles. The van der Waals surface area contributed by atoms with Gasteiger partial charge in [-0.25, -0.2) is 0 Å². The van der Waals surface area contributed by atoms with Crippen LogP contribution in [-0.4, -0.2) is 36.6 Å². The van der Waals surface area contributed by atoms with E-state index in [-0.39, 0.29) is 0 Å². The second-order valence-corrected chi connectivity index (χ2v) is 5.02. The molecule has 1 heterocycles. The lowest BCUT2D eigenvalue weighted by molar-refractivity contribution is 0.216. The van der Waals surface area contributed by atoms with Crippen LogP contribution in [0.3, 0.4) is 0 Å². The van der Waals surface area contributed by atoms with Crippen LogP contribution < -0.4 is 5.32 Å². The molecular weight excluding hydrogens is 172 g/mol. The van der Waals surface area contributed by atoms with Crippen LogP contribution in [0.1, 0.15) is 39.5 Å². The molecule has 2 nitrogen and oxygen atoms in total. The molecule has 14 heavy (non-hydrogen) atoms. The predicted octanol–water partition coefficient (Wildman–Crippen LogP) is 1.86. The van der Waals surface area contributed by atoms with Crippen molar-refractivity contribution < 1.29 is 0 Å². The fourth-order valence-electron chi connectivity index (χ4n) is 2.62. The Morgan fingerprint density at radius 1 is 1.36 bits per heavy atom. The number of nitrogens with zero attached hydrogens (tertiary/aromatic N) is 1. The first-order valence-corrected chi connectivity index (χ1v) is 6.28. The molecule has 0 amide bonds. The highest BCUT2D eigenvalue weighted by atomic mass is 15.2. The van der Waals surface area contributed by atoms with Gasteiger partial charge >= 0.3 is 0 Å². The maximum atomic E-state index is 3.64. The van der Waals surface area contributed by atoms with Gasteiger partial charge in [-0.2, -0.15) is 0 Å². The summed E-state index contributed by atoms with van der Waals surface area (Å²) in [5.41, 5.74) is 0. The average Bonchev–Trinajstić information content (AvgIpc) is 2.83. The monoisotopic (exact) mass is 196 g/mol. The van der Waals surface area contributed by atoms with E-state index in [0.717, 1.165) is 18.0 Å². The van der Waals surface area contributed by atoms with E-state index in [1.165, 1.54) is 45.3 Å². The lowest BCUT2D eigenvalue weighted by Gasteiger charge is -2.29. The van der Waals surface area contributed by atoms with Crippen LogP contribution >= 0.6 is 0 Å². The SMILES string of the molecule is CCC1CCN(C2CC2C)CCCN1. The van der Waals surface area contributed by atoms with Crippen LogP contribution in [0.25, 0.3) is 0 Å². The highest BCUT2D eigenvalue weighted by Crippen LogP contribution is 2.35. The van der Waals surface area contributed by atoms with Gasteiger partial charge in [0.05, 0.1) is 0 Å². The predicted molar refractivity (Wildman–Crippen MR) is 60.5 cm³/mol. The molecule has 1 aliphatic carbocycles. The van der Waals surface area contributed by atoms with E-state index in [1.54, 1.807) is 0 Å². The van der Waals surface area contributed by atoms with Crippen molar-refractivity contribution in [3.8, 4) is 0 Å². The zero-order chi connectivity index (χ0) is 9.97. The molecule has 82 valence electrons. The summed E-state index contributed by atoms with van der Waals surface area (Å²) in [6, 6.07) is 1.71. The van der Waals surface area contributed by atoms with Crippen molar-refractivity contribution in [2.75, 3.05) is 19.6 Å². The maximum Gasteiger partial charge on any atom is 0.0125 e. The normalized spacial score (nSPS) is 40.3. The van der Waals surface area contributed by atoms with Crippen LogP contribution in [0.4, 0.5) is 0 Å². The second-order valence-electron chi connectivity index (χ2n) is 5.02. The minimum Gasteiger partial charge on any atom is -0.314 e. The first kappa shape index (κ1) is 10.4. The molecule has 1 N–H and O–H groups in total. The summed E-state index contributed by atoms with van der Waals surface area (Å²) >= 11 is 0. The first-order valence-electron chi connectivity index (χ1n) is 6.28. The van der Waals surface area contributed by atoms with E-state index in [4.69, 9.17) is 0 Å². The fraction of sp³-hybridized carbons (Fsp3) is 1.00. The lowest BCUT2D eigenvalue weighted by atomic mass is 10.1. The van der Waals surface area contributed by atoms with E-state index in [0.29, 0.717) is 0 Å². The molecule has 0 radical (unpaired) electrons. The molecule has 0 spiro atoms. The Bertz CT molecular complexity index is 181. The van der Waals surface area contributed by atoms with E-state index >= 15 is 0 Å². The van der Waals surface area contributed by atoms with Crippen molar-refractivity contribution in [1.29, 1.82) is 0 Å². The summed E-state index contributed by atoms with van der Waals surface area (Å²) in [6.45, 7) is 8.54. The van der Waals surface area contributed by atoms with E-state index < -0.39 is 0 Å². The van der Waals surface area contributed by atoms with E-state index in [2.05, 4.69) is 24.1 Å². The summed E-state index contributed by atoms with van der Waals surface area (Å²) in [7, 11) is 0. The van der Waals surface area contributed by atoms with Crippen molar-refractivity contribution in [2.24, 2.45) is 5.92 Å². The molecule has 1 saturated heterocycles. The summed E-state index contributed by atoms with van der Waals surface area (Å²) in [4.78, 5) is 2.73. The Kier molecular flexibility index (Phi) is 3.45. The van der Waals surface area contributed by atoms with Gasteiger partial charge in [0.15, 0.2) is 0 Å². The number of hydrogen-bond acceptors (Lipinski definition) is 2. The summed E-state index contributed by atoms with van der Waals surface area (Å²) < 4.78 is 0. The van der Waals surface area contributed by atoms with Gasteiger partial charge in [-0.1, -0.05) is 13.8 Å². The largest absolute Gasteiger partial charge is 0.314 e. The Morgan fingerprint density at radius 3 is 2.79 bits per heavy atom. The van der Waals surface area contributed by atoms with E-state index in [1.807, 2.05) is 0 Å². The Labute approximate surface area is 88.1 Å². The molecule has 2 aliphatic rings. The zero-order valence-electron chi connectivity index (χ0n) is 9.63. The molecule has 0 aromatic rings. The smallest absolute Gasteiger partial charge is 0.0125 e. The topological polar surface area (TPSA) is 15.3 Å². The van der Waals surface area contributed by atoms with Crippen LogP contribution in [0.15, 0.2) is 0 Å². The molecule has 3 atom stereocenters. The van der Waals surface area contributed by atoms with E-state index in [9.17, 15) is 0 Å². The van der Waals surface area contributed by atoms with Gasteiger partial charge in [0.1, 0.15) is 0 Å². The summed E-state index contributed by atoms with van der Waals surface area (Å²) in [6.07, 6.45) is 5.41. The number of rotatable bonds is 2. The number of nitrogens with one attached hydrogen (secondary N) is 1. The van der Waals surface area contributed by atoms with Crippen LogP contribution in [0.2, 0.25) is 0 Å². The molecule has 2 heteroatoms. The Balaban J connectivity index is 1.81. The molecule has 2 fully saturated rings. The van der Waals surface area contributed by atoms with Crippen molar-refractivity contribution in [3.63, 3.8) is 0 Å². The van der Waals surface area contributed by atoms with Gasteiger partial charge in [-0.3, -0.25) is 0 Å². The van der Waals surface area contributed by atoms with Crippen molar-refractivity contribution in [1.82, 2.24) is 10.2 Å². The summed E-state index contributed by atoms with van der Waals surface area (Å²) in [5, 5.41) is 3.64. The lowest BCUT2D eigenvalue weighted by Crippen LogP contribution is -2.40. The molecule has 2 rings (SSSR count). The molecule has 0 aromatic heterocycles. The molecular formula is C12H24N2. The van der Waals surface area contributed by atoms with Gasteiger partial charge < -0.3 is 10.2 Å². The average molecular weight is 196 g/mol. The van der Waals surface area contributed by atoms with Crippen LogP contribution in [0, 0.1) is 5.92 Å². The van der Waals surface area contributed by atoms with Crippen molar-refractivity contribution in [2.45, 2.75) is 51.6 Å². The van der Waals surface area contributed by atoms with Gasteiger partial charge in [-0.15, -0.1) is 0 Å². The quantitative estimate of drug-likeness (QED) is 0.725. The third kappa shape index (κ3) is 2.48. The minimum atomic E-state index is 0.770. The molecule has 0 aromatic carbocycles. The fourth-order valence-corrected chi connectivity index (χ4v) is 2.62. The van der Waals surface area contributed by atoms with Gasteiger partial charge in [0, 0.05) is 12.1 Å². The standard InChI is InChI=1S/C12H24N2/c1-3-11-5-8-14(7-4-6-13-11)12-9-10(12)2/h10-13H,3-9H2,1-2H3. The third-order valence-electron chi connectivity index (χ3n) is 3.85. The first-order chi connectivity index (χ1) is 6.81. The maximum absolute atomic E-state index is 3.64. The highest BCUT2D eigenvalue weighted by molar-refractivity contribution is 4.92. The Morgan fingerprint density at radius 2 is 2.14 bits per heavy atom. The van der Waals surface area contributed by atoms with Crippen LogP contribution in [0.5, 0.6) is 0 Å². The zero-order valence-corrected chi connectivity index (χ0v) is 9.63. The highest BCUT2D eigenvalue weighted by Gasteiger charge is 2.37. The minimum absolute atomic E-state index is 0.770.